The smallest absolute Gasteiger partial charge is 0.251 e. The van der Waals surface area contributed by atoms with Crippen LogP contribution in [0.2, 0.25) is 0 Å². The second kappa shape index (κ2) is 6.47. The number of nitrogens with zero attached hydrogens (tertiary/aromatic N) is 2. The van der Waals surface area contributed by atoms with E-state index < -0.39 is 0 Å². The van der Waals surface area contributed by atoms with Crippen molar-refractivity contribution in [2.45, 2.75) is 13.0 Å². The number of anilines is 1. The Morgan fingerprint density at radius 2 is 1.81 bits per heavy atom. The number of furan rings is 1. The van der Waals surface area contributed by atoms with E-state index in [2.05, 4.69) is 27.3 Å². The summed E-state index contributed by atoms with van der Waals surface area (Å²) in [5.74, 6) is 0.615. The molecule has 3 heterocycles. The molecule has 6 nitrogen and oxygen atoms in total. The van der Waals surface area contributed by atoms with Gasteiger partial charge in [-0.15, -0.1) is 0 Å². The molecule has 152 valence electrons. The van der Waals surface area contributed by atoms with E-state index in [9.17, 15) is 4.79 Å². The molecule has 0 saturated carbocycles. The second-order valence-corrected chi connectivity index (χ2v) is 7.79. The maximum atomic E-state index is 13.0. The van der Waals surface area contributed by atoms with Gasteiger partial charge >= 0.3 is 0 Å². The number of allylic oxidation sites excluding steroid dienone is 1. The summed E-state index contributed by atoms with van der Waals surface area (Å²) in [6, 6.07) is 21.8. The predicted molar refractivity (Wildman–Crippen MR) is 122 cm³/mol. The first kappa shape index (κ1) is 17.8. The van der Waals surface area contributed by atoms with Gasteiger partial charge in [0.2, 0.25) is 5.95 Å². The van der Waals surface area contributed by atoms with Crippen molar-refractivity contribution in [3.05, 3.63) is 83.6 Å². The Labute approximate surface area is 178 Å². The average Bonchev–Trinajstić information content (AvgIpc) is 3.35. The number of carbonyl (C=O) groups is 1. The van der Waals surface area contributed by atoms with E-state index in [1.807, 2.05) is 61.5 Å². The summed E-state index contributed by atoms with van der Waals surface area (Å²) in [6.07, 6.45) is 0. The highest BCUT2D eigenvalue weighted by atomic mass is 16.3. The molecule has 1 aliphatic heterocycles. The molecule has 6 rings (SSSR count). The zero-order chi connectivity index (χ0) is 21.1. The lowest BCUT2D eigenvalue weighted by atomic mass is 9.93. The Balaban J connectivity index is 1.66. The van der Waals surface area contributed by atoms with Crippen LogP contribution in [0.4, 0.5) is 5.95 Å². The number of hydrogen-bond donors (Lipinski definition) is 2. The van der Waals surface area contributed by atoms with E-state index in [4.69, 9.17) is 9.40 Å². The molecule has 0 spiro atoms. The molecule has 5 aromatic rings. The van der Waals surface area contributed by atoms with Gasteiger partial charge in [0.25, 0.3) is 5.91 Å². The zero-order valence-electron chi connectivity index (χ0n) is 17.1. The van der Waals surface area contributed by atoms with Crippen molar-refractivity contribution < 1.29 is 9.21 Å². The van der Waals surface area contributed by atoms with Crippen LogP contribution >= 0.6 is 0 Å². The molecule has 31 heavy (non-hydrogen) atoms. The van der Waals surface area contributed by atoms with Crippen LogP contribution in [0.1, 0.15) is 18.5 Å². The van der Waals surface area contributed by atoms with Crippen LogP contribution in [-0.4, -0.2) is 22.5 Å². The minimum Gasteiger partial charge on any atom is -0.456 e. The number of rotatable bonds is 2. The molecule has 1 atom stereocenters. The van der Waals surface area contributed by atoms with E-state index in [1.54, 1.807) is 7.05 Å². The SMILES string of the molecule is CNC(=O)C1=C(C)Nc2nc3ccccc3n2C1c1ccc2oc3ccccc3c2c1. The van der Waals surface area contributed by atoms with E-state index in [1.165, 1.54) is 0 Å². The largest absolute Gasteiger partial charge is 0.456 e. The van der Waals surface area contributed by atoms with Gasteiger partial charge in [-0.05, 0) is 42.8 Å². The lowest BCUT2D eigenvalue weighted by Gasteiger charge is -2.30. The molecule has 0 bridgehead atoms. The van der Waals surface area contributed by atoms with Gasteiger partial charge in [0.05, 0.1) is 22.6 Å². The Morgan fingerprint density at radius 3 is 2.68 bits per heavy atom. The van der Waals surface area contributed by atoms with Crippen LogP contribution in [0.3, 0.4) is 0 Å². The van der Waals surface area contributed by atoms with Crippen molar-refractivity contribution in [3.8, 4) is 0 Å². The van der Waals surface area contributed by atoms with Gasteiger partial charge in [-0.25, -0.2) is 4.98 Å². The lowest BCUT2D eigenvalue weighted by Crippen LogP contribution is -2.33. The van der Waals surface area contributed by atoms with Gasteiger partial charge in [-0.2, -0.15) is 0 Å². The Bertz CT molecular complexity index is 1540. The van der Waals surface area contributed by atoms with E-state index in [-0.39, 0.29) is 11.9 Å². The number of hydrogen-bond acceptors (Lipinski definition) is 4. The normalized spacial score (nSPS) is 16.0. The molecule has 0 aliphatic carbocycles. The molecule has 6 heteroatoms. The first-order chi connectivity index (χ1) is 15.2. The van der Waals surface area contributed by atoms with Crippen molar-refractivity contribution in [1.82, 2.24) is 14.9 Å². The van der Waals surface area contributed by atoms with Gasteiger partial charge in [-0.3, -0.25) is 9.36 Å². The Morgan fingerprint density at radius 1 is 1.03 bits per heavy atom. The number of likely N-dealkylation sites (N-methyl/N-ethyl adjacent to an activating group) is 1. The van der Waals surface area contributed by atoms with Crippen molar-refractivity contribution in [3.63, 3.8) is 0 Å². The number of para-hydroxylation sites is 3. The number of imidazole rings is 1. The van der Waals surface area contributed by atoms with Crippen LogP contribution < -0.4 is 10.6 Å². The fraction of sp³-hybridized carbons (Fsp3) is 0.120. The third-order valence-corrected chi connectivity index (χ3v) is 6.02. The topological polar surface area (TPSA) is 72.1 Å². The number of aromatic nitrogens is 2. The van der Waals surface area contributed by atoms with Gasteiger partial charge in [0, 0.05) is 23.5 Å². The zero-order valence-corrected chi connectivity index (χ0v) is 17.1. The second-order valence-electron chi connectivity index (χ2n) is 7.79. The number of amides is 1. The van der Waals surface area contributed by atoms with Crippen LogP contribution in [0.5, 0.6) is 0 Å². The van der Waals surface area contributed by atoms with Gasteiger partial charge in [0.1, 0.15) is 11.2 Å². The molecule has 0 radical (unpaired) electrons. The number of carbonyl (C=O) groups excluding carboxylic acids is 1. The van der Waals surface area contributed by atoms with Crippen LogP contribution in [0.15, 0.2) is 82.4 Å². The van der Waals surface area contributed by atoms with Gasteiger partial charge in [0.15, 0.2) is 0 Å². The maximum absolute atomic E-state index is 13.0. The molecule has 1 unspecified atom stereocenters. The predicted octanol–water partition coefficient (Wildman–Crippen LogP) is 4.97. The molecule has 0 saturated heterocycles. The third kappa shape index (κ3) is 2.51. The summed E-state index contributed by atoms with van der Waals surface area (Å²) in [5, 5.41) is 8.23. The number of nitrogens with one attached hydrogen (secondary N) is 2. The van der Waals surface area contributed by atoms with Crippen molar-refractivity contribution in [2.75, 3.05) is 12.4 Å². The quantitative estimate of drug-likeness (QED) is 0.433. The minimum absolute atomic E-state index is 0.115. The first-order valence-corrected chi connectivity index (χ1v) is 10.2. The minimum atomic E-state index is -0.318. The monoisotopic (exact) mass is 408 g/mol. The fourth-order valence-electron chi connectivity index (χ4n) is 4.62. The lowest BCUT2D eigenvalue weighted by molar-refractivity contribution is -0.117. The summed E-state index contributed by atoms with van der Waals surface area (Å²) in [6.45, 7) is 1.92. The summed E-state index contributed by atoms with van der Waals surface area (Å²) in [7, 11) is 1.66. The van der Waals surface area contributed by atoms with Crippen molar-refractivity contribution in [1.29, 1.82) is 0 Å². The number of fused-ring (bicyclic) bond motifs is 6. The van der Waals surface area contributed by atoms with E-state index in [0.717, 1.165) is 50.2 Å². The highest BCUT2D eigenvalue weighted by molar-refractivity contribution is 6.05. The summed E-state index contributed by atoms with van der Waals surface area (Å²) in [5.41, 5.74) is 6.01. The van der Waals surface area contributed by atoms with Crippen LogP contribution in [0.25, 0.3) is 33.0 Å². The maximum Gasteiger partial charge on any atom is 0.251 e. The fourth-order valence-corrected chi connectivity index (χ4v) is 4.62. The molecule has 1 amide bonds. The highest BCUT2D eigenvalue weighted by Gasteiger charge is 2.34. The summed E-state index contributed by atoms with van der Waals surface area (Å²) < 4.78 is 8.12. The van der Waals surface area contributed by atoms with Crippen molar-refractivity contribution in [2.24, 2.45) is 0 Å². The van der Waals surface area contributed by atoms with E-state index >= 15 is 0 Å². The molecule has 2 N–H and O–H groups in total. The highest BCUT2D eigenvalue weighted by Crippen LogP contribution is 2.40. The van der Waals surface area contributed by atoms with Crippen LogP contribution in [0, 0.1) is 0 Å². The molecule has 3 aromatic carbocycles. The molecule has 1 aliphatic rings. The van der Waals surface area contributed by atoms with Gasteiger partial charge in [-0.1, -0.05) is 36.4 Å². The molecular formula is C25H20N4O2. The van der Waals surface area contributed by atoms with Gasteiger partial charge < -0.3 is 15.1 Å². The Hall–Kier alpha value is -4.06. The van der Waals surface area contributed by atoms with E-state index in [0.29, 0.717) is 5.57 Å². The first-order valence-electron chi connectivity index (χ1n) is 10.2. The summed E-state index contributed by atoms with van der Waals surface area (Å²) in [4.78, 5) is 17.8. The molecular weight excluding hydrogens is 388 g/mol. The molecule has 0 fully saturated rings. The summed E-state index contributed by atoms with van der Waals surface area (Å²) >= 11 is 0. The standard InChI is InChI=1S/C25H20N4O2/c1-14-22(24(30)26-2)23(29-19-9-5-4-8-18(19)28-25(29)27-14)15-11-12-21-17(13-15)16-7-3-6-10-20(16)31-21/h3-13,23H,1-2H3,(H,26,30)(H,27,28). The van der Waals surface area contributed by atoms with Crippen molar-refractivity contribution >= 4 is 44.8 Å². The third-order valence-electron chi connectivity index (χ3n) is 6.02. The molecule has 2 aromatic heterocycles. The average molecular weight is 408 g/mol. The van der Waals surface area contributed by atoms with Crippen LogP contribution in [-0.2, 0) is 4.79 Å². The number of benzene rings is 3. The Kier molecular flexibility index (Phi) is 3.71.